The number of nitrogens with zero attached hydrogens (tertiary/aromatic N) is 1. The summed E-state index contributed by atoms with van der Waals surface area (Å²) >= 11 is 0. The van der Waals surface area contributed by atoms with Crippen LogP contribution in [0, 0.1) is 5.82 Å². The fraction of sp³-hybridized carbons (Fsp3) is 0.400. The highest BCUT2D eigenvalue weighted by Gasteiger charge is 2.36. The van der Waals surface area contributed by atoms with E-state index in [9.17, 15) is 23.9 Å². The van der Waals surface area contributed by atoms with Crippen LogP contribution in [0.3, 0.4) is 0 Å². The largest absolute Gasteiger partial charge is 0.480 e. The van der Waals surface area contributed by atoms with Crippen LogP contribution >= 0.6 is 0 Å². The van der Waals surface area contributed by atoms with Crippen molar-refractivity contribution in [2.45, 2.75) is 25.6 Å². The molecule has 124 valence electrons. The molecule has 2 rings (SSSR count). The second-order valence-corrected chi connectivity index (χ2v) is 5.33. The number of carboxylic acid groups (broad SMARTS) is 1. The number of rotatable bonds is 5. The van der Waals surface area contributed by atoms with E-state index >= 15 is 0 Å². The molecule has 1 heterocycles. The third-order valence-corrected chi connectivity index (χ3v) is 3.38. The molecule has 1 aliphatic rings. The summed E-state index contributed by atoms with van der Waals surface area (Å²) in [6, 6.07) is 3.93. The van der Waals surface area contributed by atoms with Gasteiger partial charge in [0.1, 0.15) is 12.4 Å². The van der Waals surface area contributed by atoms with Crippen molar-refractivity contribution >= 4 is 17.8 Å². The van der Waals surface area contributed by atoms with Gasteiger partial charge in [0, 0.05) is 18.5 Å². The number of esters is 1. The Labute approximate surface area is 131 Å². The molecule has 0 aromatic heterocycles. The van der Waals surface area contributed by atoms with Crippen LogP contribution in [0.5, 0.6) is 0 Å². The highest BCUT2D eigenvalue weighted by atomic mass is 19.1. The Kier molecular flexibility index (Phi) is 4.95. The summed E-state index contributed by atoms with van der Waals surface area (Å²) in [6.07, 6.45) is -2.45. The van der Waals surface area contributed by atoms with E-state index in [0.717, 1.165) is 4.90 Å². The third-order valence-electron chi connectivity index (χ3n) is 3.38. The number of aliphatic carboxylic acids is 1. The van der Waals surface area contributed by atoms with Gasteiger partial charge in [-0.1, -0.05) is 6.07 Å². The lowest BCUT2D eigenvalue weighted by molar-refractivity contribution is -0.150. The van der Waals surface area contributed by atoms with E-state index in [0.29, 0.717) is 0 Å². The van der Waals surface area contributed by atoms with Gasteiger partial charge in [0.2, 0.25) is 0 Å². The molecule has 0 bridgehead atoms. The number of carbonyl (C=O) groups excluding carboxylic acids is 2. The molecule has 0 saturated carbocycles. The van der Waals surface area contributed by atoms with Gasteiger partial charge in [-0.3, -0.25) is 9.59 Å². The van der Waals surface area contributed by atoms with Gasteiger partial charge in [0.25, 0.3) is 5.91 Å². The molecule has 1 aliphatic heterocycles. The molecule has 8 heteroatoms. The topological polar surface area (TPSA) is 104 Å². The van der Waals surface area contributed by atoms with Gasteiger partial charge in [-0.15, -0.1) is 0 Å². The Morgan fingerprint density at radius 1 is 1.48 bits per heavy atom. The van der Waals surface area contributed by atoms with Crippen LogP contribution in [0.1, 0.15) is 22.8 Å². The first kappa shape index (κ1) is 16.9. The normalized spacial score (nSPS) is 17.9. The van der Waals surface area contributed by atoms with E-state index in [1.165, 1.54) is 25.1 Å². The third kappa shape index (κ3) is 3.84. The van der Waals surface area contributed by atoms with Crippen molar-refractivity contribution in [1.82, 2.24) is 4.90 Å². The zero-order valence-corrected chi connectivity index (χ0v) is 12.4. The van der Waals surface area contributed by atoms with Gasteiger partial charge in [-0.2, -0.15) is 0 Å². The first-order valence-electron chi connectivity index (χ1n) is 6.96. The van der Waals surface area contributed by atoms with Gasteiger partial charge in [-0.05, 0) is 19.1 Å². The highest BCUT2D eigenvalue weighted by molar-refractivity contribution is 5.96. The van der Waals surface area contributed by atoms with Crippen molar-refractivity contribution in [3.05, 3.63) is 35.1 Å². The SMILES string of the molecule is CC(O)CN(CC(=O)O)C(=O)C1Cc2c(F)cccc2C(=O)O1. The Bertz CT molecular complexity index is 645. The smallest absolute Gasteiger partial charge is 0.339 e. The average Bonchev–Trinajstić information content (AvgIpc) is 2.45. The number of fused-ring (bicyclic) bond motifs is 1. The van der Waals surface area contributed by atoms with Crippen molar-refractivity contribution in [3.8, 4) is 0 Å². The molecule has 2 atom stereocenters. The van der Waals surface area contributed by atoms with Crippen molar-refractivity contribution in [2.75, 3.05) is 13.1 Å². The van der Waals surface area contributed by atoms with Crippen LogP contribution in [-0.4, -0.2) is 58.3 Å². The summed E-state index contributed by atoms with van der Waals surface area (Å²) in [5.74, 6) is -3.52. The Morgan fingerprint density at radius 3 is 2.78 bits per heavy atom. The van der Waals surface area contributed by atoms with E-state index < -0.39 is 42.4 Å². The second kappa shape index (κ2) is 6.74. The molecule has 1 aromatic carbocycles. The van der Waals surface area contributed by atoms with Crippen LogP contribution in [0.15, 0.2) is 18.2 Å². The number of aliphatic hydroxyl groups is 1. The van der Waals surface area contributed by atoms with Crippen LogP contribution in [0.4, 0.5) is 4.39 Å². The number of hydrogen-bond acceptors (Lipinski definition) is 5. The molecule has 1 amide bonds. The molecule has 0 saturated heterocycles. The van der Waals surface area contributed by atoms with E-state index in [-0.39, 0.29) is 24.1 Å². The molecule has 1 aromatic rings. The minimum absolute atomic E-state index is 0.0503. The molecule has 2 unspecified atom stereocenters. The summed E-state index contributed by atoms with van der Waals surface area (Å²) in [5, 5.41) is 18.2. The van der Waals surface area contributed by atoms with Crippen LogP contribution in [-0.2, 0) is 20.7 Å². The lowest BCUT2D eigenvalue weighted by atomic mass is 9.97. The average molecular weight is 325 g/mol. The number of halogens is 1. The maximum atomic E-state index is 13.8. The number of amides is 1. The van der Waals surface area contributed by atoms with Gasteiger partial charge < -0.3 is 19.8 Å². The van der Waals surface area contributed by atoms with Crippen molar-refractivity contribution in [3.63, 3.8) is 0 Å². The monoisotopic (exact) mass is 325 g/mol. The second-order valence-electron chi connectivity index (χ2n) is 5.33. The maximum absolute atomic E-state index is 13.8. The predicted octanol–water partition coefficient (Wildman–Crippen LogP) is 0.201. The summed E-state index contributed by atoms with van der Waals surface area (Å²) in [5.41, 5.74) is 0.115. The lowest BCUT2D eigenvalue weighted by Crippen LogP contribution is -2.48. The molecule has 2 N–H and O–H groups in total. The number of benzene rings is 1. The first-order chi connectivity index (χ1) is 10.8. The number of cyclic esters (lactones) is 1. The van der Waals surface area contributed by atoms with E-state index in [1.54, 1.807) is 0 Å². The van der Waals surface area contributed by atoms with E-state index in [4.69, 9.17) is 9.84 Å². The summed E-state index contributed by atoms with van der Waals surface area (Å²) in [6.45, 7) is 0.509. The summed E-state index contributed by atoms with van der Waals surface area (Å²) in [4.78, 5) is 36.0. The number of aliphatic hydroxyl groups excluding tert-OH is 1. The molecule has 0 spiro atoms. The van der Waals surface area contributed by atoms with Crippen LogP contribution in [0.2, 0.25) is 0 Å². The maximum Gasteiger partial charge on any atom is 0.339 e. The molecule has 7 nitrogen and oxygen atoms in total. The molecular formula is C15H16FNO6. The summed E-state index contributed by atoms with van der Waals surface area (Å²) in [7, 11) is 0. The fourth-order valence-corrected chi connectivity index (χ4v) is 2.43. The zero-order valence-electron chi connectivity index (χ0n) is 12.4. The quantitative estimate of drug-likeness (QED) is 0.750. The van der Waals surface area contributed by atoms with Gasteiger partial charge in [-0.25, -0.2) is 9.18 Å². The minimum atomic E-state index is -1.31. The van der Waals surface area contributed by atoms with Crippen molar-refractivity contribution < 1.29 is 33.7 Å². The zero-order chi connectivity index (χ0) is 17.1. The van der Waals surface area contributed by atoms with Crippen molar-refractivity contribution in [1.29, 1.82) is 0 Å². The van der Waals surface area contributed by atoms with Gasteiger partial charge in [0.15, 0.2) is 6.10 Å². The highest BCUT2D eigenvalue weighted by Crippen LogP contribution is 2.24. The van der Waals surface area contributed by atoms with Gasteiger partial charge in [0.05, 0.1) is 11.7 Å². The Hall–Kier alpha value is -2.48. The van der Waals surface area contributed by atoms with Crippen molar-refractivity contribution in [2.24, 2.45) is 0 Å². The number of carboxylic acids is 1. The first-order valence-corrected chi connectivity index (χ1v) is 6.96. The predicted molar refractivity (Wildman–Crippen MR) is 75.2 cm³/mol. The number of ether oxygens (including phenoxy) is 1. The Morgan fingerprint density at radius 2 is 2.17 bits per heavy atom. The van der Waals surface area contributed by atoms with E-state index in [2.05, 4.69) is 0 Å². The van der Waals surface area contributed by atoms with Crippen LogP contribution in [0.25, 0.3) is 0 Å². The number of carbonyl (C=O) groups is 3. The molecule has 0 radical (unpaired) electrons. The molecule has 0 aliphatic carbocycles. The standard InChI is InChI=1S/C15H16FNO6/c1-8(18)6-17(7-13(19)20)14(21)12-5-10-9(15(22)23-12)3-2-4-11(10)16/h2-4,8,12,18H,5-7H2,1H3,(H,19,20). The van der Waals surface area contributed by atoms with E-state index in [1.807, 2.05) is 0 Å². The molecule has 0 fully saturated rings. The number of hydrogen-bond donors (Lipinski definition) is 2. The fourth-order valence-electron chi connectivity index (χ4n) is 2.43. The van der Waals surface area contributed by atoms with Crippen LogP contribution < -0.4 is 0 Å². The molecular weight excluding hydrogens is 309 g/mol. The lowest BCUT2D eigenvalue weighted by Gasteiger charge is -2.29. The van der Waals surface area contributed by atoms with Gasteiger partial charge >= 0.3 is 11.9 Å². The molecule has 23 heavy (non-hydrogen) atoms. The summed E-state index contributed by atoms with van der Waals surface area (Å²) < 4.78 is 18.8. The minimum Gasteiger partial charge on any atom is -0.480 e. The Balaban J connectivity index is 2.24.